The van der Waals surface area contributed by atoms with Crippen molar-refractivity contribution >= 4 is 21.6 Å². The average molecular weight is 513 g/mol. The molecule has 3 aromatic carbocycles. The minimum absolute atomic E-state index is 0.169. The predicted octanol–water partition coefficient (Wildman–Crippen LogP) is 5.17. The van der Waals surface area contributed by atoms with Crippen LogP contribution in [0.3, 0.4) is 0 Å². The zero-order chi connectivity index (χ0) is 24.7. The summed E-state index contributed by atoms with van der Waals surface area (Å²) in [4.78, 5) is 2.67. The Morgan fingerprint density at radius 3 is 2.23 bits per heavy atom. The Balaban J connectivity index is 1.35. The van der Waals surface area contributed by atoms with E-state index in [0.29, 0.717) is 30.8 Å². The van der Waals surface area contributed by atoms with Crippen LogP contribution >= 0.6 is 11.6 Å². The van der Waals surface area contributed by atoms with Crippen molar-refractivity contribution in [1.29, 1.82) is 0 Å². The Kier molecular flexibility index (Phi) is 8.63. The molecule has 3 aromatic rings. The zero-order valence-electron chi connectivity index (χ0n) is 19.8. The maximum atomic E-state index is 12.6. The molecule has 1 heterocycles. The Morgan fingerprint density at radius 1 is 0.914 bits per heavy atom. The van der Waals surface area contributed by atoms with E-state index in [1.54, 1.807) is 30.3 Å². The van der Waals surface area contributed by atoms with Gasteiger partial charge in [0.05, 0.1) is 10.5 Å². The van der Waals surface area contributed by atoms with Gasteiger partial charge >= 0.3 is 0 Å². The number of aliphatic hydroxyl groups is 1. The van der Waals surface area contributed by atoms with E-state index in [9.17, 15) is 13.5 Å². The van der Waals surface area contributed by atoms with Crippen molar-refractivity contribution in [2.24, 2.45) is 0 Å². The molecule has 0 amide bonds. The summed E-state index contributed by atoms with van der Waals surface area (Å²) in [5.74, 6) is 0.169. The van der Waals surface area contributed by atoms with Crippen molar-refractivity contribution in [2.75, 3.05) is 26.2 Å². The lowest BCUT2D eigenvalue weighted by Crippen LogP contribution is -2.43. The summed E-state index contributed by atoms with van der Waals surface area (Å²) in [6.07, 6.45) is 2.97. The van der Waals surface area contributed by atoms with E-state index in [2.05, 4.69) is 15.7 Å². The molecule has 0 saturated carbocycles. The highest BCUT2D eigenvalue weighted by molar-refractivity contribution is 7.89. The summed E-state index contributed by atoms with van der Waals surface area (Å²) in [5, 5.41) is 11.8. The quantitative estimate of drug-likeness (QED) is 0.393. The first-order valence-corrected chi connectivity index (χ1v) is 14.0. The number of nitrogens with zero attached hydrogens (tertiary/aromatic N) is 1. The van der Waals surface area contributed by atoms with Gasteiger partial charge in [-0.05, 0) is 73.5 Å². The number of halogens is 1. The molecule has 0 bridgehead atoms. The molecule has 2 N–H and O–H groups in total. The molecular weight excluding hydrogens is 480 g/mol. The summed E-state index contributed by atoms with van der Waals surface area (Å²) in [6.45, 7) is 2.89. The van der Waals surface area contributed by atoms with E-state index in [4.69, 9.17) is 11.6 Å². The molecule has 5 nitrogen and oxygen atoms in total. The van der Waals surface area contributed by atoms with Crippen molar-refractivity contribution in [3.63, 3.8) is 0 Å². The molecule has 7 heteroatoms. The fraction of sp³-hybridized carbons (Fsp3) is 0.357. The number of likely N-dealkylation sites (tertiary alicyclic amines) is 1. The van der Waals surface area contributed by atoms with Gasteiger partial charge in [0.25, 0.3) is 0 Å². The SMILES string of the molecule is O=S(=O)(NCCC(CCN1CCC(O)(c2ccccc2)CC1)c1cccc(Cl)c1)c1ccccc1. The number of hydrogen-bond donors (Lipinski definition) is 2. The lowest BCUT2D eigenvalue weighted by molar-refractivity contribution is -0.0263. The highest BCUT2D eigenvalue weighted by Crippen LogP contribution is 2.33. The lowest BCUT2D eigenvalue weighted by atomic mass is 9.84. The van der Waals surface area contributed by atoms with E-state index < -0.39 is 15.6 Å². The summed E-state index contributed by atoms with van der Waals surface area (Å²) in [5.41, 5.74) is 1.34. The molecule has 0 aromatic heterocycles. The van der Waals surface area contributed by atoms with E-state index in [1.807, 2.05) is 48.5 Å². The third-order valence-corrected chi connectivity index (χ3v) is 8.66. The van der Waals surface area contributed by atoms with Gasteiger partial charge in [-0.25, -0.2) is 13.1 Å². The highest BCUT2D eigenvalue weighted by atomic mass is 35.5. The minimum atomic E-state index is -3.54. The molecule has 1 aliphatic heterocycles. The Morgan fingerprint density at radius 2 is 1.57 bits per heavy atom. The maximum absolute atomic E-state index is 12.6. The van der Waals surface area contributed by atoms with Crippen molar-refractivity contribution < 1.29 is 13.5 Å². The van der Waals surface area contributed by atoms with Crippen molar-refractivity contribution in [3.05, 3.63) is 101 Å². The van der Waals surface area contributed by atoms with Crippen molar-refractivity contribution in [1.82, 2.24) is 9.62 Å². The van der Waals surface area contributed by atoms with E-state index in [-0.39, 0.29) is 10.8 Å². The molecule has 186 valence electrons. The van der Waals surface area contributed by atoms with Crippen LogP contribution in [-0.4, -0.2) is 44.6 Å². The molecular formula is C28H33ClN2O3S. The molecule has 1 aliphatic rings. The van der Waals surface area contributed by atoms with Crippen LogP contribution in [0.5, 0.6) is 0 Å². The van der Waals surface area contributed by atoms with Crippen LogP contribution in [0.2, 0.25) is 5.02 Å². The fourth-order valence-corrected chi connectivity index (χ4v) is 6.08. The van der Waals surface area contributed by atoms with Gasteiger partial charge in [-0.2, -0.15) is 0 Å². The van der Waals surface area contributed by atoms with Gasteiger partial charge in [-0.3, -0.25) is 0 Å². The van der Waals surface area contributed by atoms with Gasteiger partial charge in [0.15, 0.2) is 0 Å². The lowest BCUT2D eigenvalue weighted by Gasteiger charge is -2.39. The predicted molar refractivity (Wildman–Crippen MR) is 141 cm³/mol. The standard InChI is InChI=1S/C28H33ClN2O3S/c29-26-11-7-8-24(22-26)23(14-18-30-35(33,34)27-12-5-2-6-13-27)15-19-31-20-16-28(32,17-21-31)25-9-3-1-4-10-25/h1-13,22-23,30,32H,14-21H2. The van der Waals surface area contributed by atoms with Crippen LogP contribution in [0.15, 0.2) is 89.8 Å². The number of sulfonamides is 1. The molecule has 35 heavy (non-hydrogen) atoms. The second kappa shape index (κ2) is 11.7. The number of nitrogens with one attached hydrogen (secondary N) is 1. The second-order valence-corrected chi connectivity index (χ2v) is 11.5. The van der Waals surface area contributed by atoms with Crippen LogP contribution in [0.25, 0.3) is 0 Å². The van der Waals surface area contributed by atoms with Crippen molar-refractivity contribution in [3.8, 4) is 0 Å². The van der Waals surface area contributed by atoms with Gasteiger partial charge in [0.1, 0.15) is 0 Å². The van der Waals surface area contributed by atoms with Crippen LogP contribution in [0, 0.1) is 0 Å². The third-order valence-electron chi connectivity index (χ3n) is 6.95. The molecule has 0 aliphatic carbocycles. The summed E-state index contributed by atoms with van der Waals surface area (Å²) < 4.78 is 28.0. The average Bonchev–Trinajstić information content (AvgIpc) is 2.88. The van der Waals surface area contributed by atoms with Crippen LogP contribution < -0.4 is 4.72 Å². The number of rotatable bonds is 10. The third kappa shape index (κ3) is 6.93. The molecule has 0 spiro atoms. The van der Waals surface area contributed by atoms with Crippen LogP contribution in [0.1, 0.15) is 42.7 Å². The van der Waals surface area contributed by atoms with Gasteiger partial charge in [0, 0.05) is 24.7 Å². The van der Waals surface area contributed by atoms with Crippen molar-refractivity contribution in [2.45, 2.75) is 42.1 Å². The van der Waals surface area contributed by atoms with E-state index in [0.717, 1.165) is 37.2 Å². The van der Waals surface area contributed by atoms with E-state index in [1.165, 1.54) is 0 Å². The first-order chi connectivity index (χ1) is 16.9. The summed E-state index contributed by atoms with van der Waals surface area (Å²) >= 11 is 6.26. The van der Waals surface area contributed by atoms with Gasteiger partial charge in [-0.15, -0.1) is 0 Å². The van der Waals surface area contributed by atoms with Gasteiger partial charge in [-0.1, -0.05) is 72.3 Å². The van der Waals surface area contributed by atoms with Crippen LogP contribution in [-0.2, 0) is 15.6 Å². The van der Waals surface area contributed by atoms with Crippen LogP contribution in [0.4, 0.5) is 0 Å². The zero-order valence-corrected chi connectivity index (χ0v) is 21.4. The Bertz CT molecular complexity index is 1180. The molecule has 1 unspecified atom stereocenters. The normalized spacial score (nSPS) is 17.2. The number of piperidine rings is 1. The number of hydrogen-bond acceptors (Lipinski definition) is 4. The first-order valence-electron chi connectivity index (χ1n) is 12.2. The second-order valence-electron chi connectivity index (χ2n) is 9.28. The first kappa shape index (κ1) is 25.9. The highest BCUT2D eigenvalue weighted by Gasteiger charge is 2.33. The Labute approximate surface area is 213 Å². The molecule has 1 fully saturated rings. The molecule has 1 atom stereocenters. The fourth-order valence-electron chi connectivity index (χ4n) is 4.81. The van der Waals surface area contributed by atoms with Gasteiger partial charge < -0.3 is 10.0 Å². The Hall–Kier alpha value is -2.22. The molecule has 1 saturated heterocycles. The largest absolute Gasteiger partial charge is 0.385 e. The molecule has 4 rings (SSSR count). The number of benzene rings is 3. The maximum Gasteiger partial charge on any atom is 0.240 e. The minimum Gasteiger partial charge on any atom is -0.385 e. The topological polar surface area (TPSA) is 69.6 Å². The monoisotopic (exact) mass is 512 g/mol. The summed E-state index contributed by atoms with van der Waals surface area (Å²) in [7, 11) is -3.54. The summed E-state index contributed by atoms with van der Waals surface area (Å²) in [6, 6.07) is 26.2. The van der Waals surface area contributed by atoms with E-state index >= 15 is 0 Å². The molecule has 0 radical (unpaired) electrons. The van der Waals surface area contributed by atoms with Gasteiger partial charge in [0.2, 0.25) is 10.0 Å². The smallest absolute Gasteiger partial charge is 0.240 e.